The van der Waals surface area contributed by atoms with Gasteiger partial charge in [-0.2, -0.15) is 0 Å². The fourth-order valence-electron chi connectivity index (χ4n) is 1.35. The summed E-state index contributed by atoms with van der Waals surface area (Å²) in [6, 6.07) is 0. The van der Waals surface area contributed by atoms with E-state index in [0.717, 1.165) is 13.0 Å². The van der Waals surface area contributed by atoms with Crippen LogP contribution in [0.3, 0.4) is 0 Å². The number of aromatic nitrogens is 2. The summed E-state index contributed by atoms with van der Waals surface area (Å²) in [6.45, 7) is 0.754. The third-order valence-electron chi connectivity index (χ3n) is 1.94. The Hall–Kier alpha value is -0.970. The van der Waals surface area contributed by atoms with Gasteiger partial charge in [0.15, 0.2) is 5.82 Å². The molecule has 0 spiro atoms. The van der Waals surface area contributed by atoms with Crippen molar-refractivity contribution in [1.82, 2.24) is 9.97 Å². The van der Waals surface area contributed by atoms with Gasteiger partial charge in [0, 0.05) is 13.0 Å². The number of carbonyl (C=O) groups is 1. The Kier molecular flexibility index (Phi) is 2.26. The summed E-state index contributed by atoms with van der Waals surface area (Å²) in [7, 11) is 0. The summed E-state index contributed by atoms with van der Waals surface area (Å²) in [4.78, 5) is 21.1. The quantitative estimate of drug-likeness (QED) is 0.747. The molecule has 0 saturated carbocycles. The van der Waals surface area contributed by atoms with Crippen molar-refractivity contribution in [2.45, 2.75) is 12.8 Å². The maximum Gasteiger partial charge on any atom is 0.228 e. The molecule has 1 amide bonds. The van der Waals surface area contributed by atoms with Gasteiger partial charge in [0.2, 0.25) is 5.91 Å². The zero-order valence-electron chi connectivity index (χ0n) is 6.90. The summed E-state index contributed by atoms with van der Waals surface area (Å²) in [5, 5.41) is 0. The van der Waals surface area contributed by atoms with Crippen molar-refractivity contribution in [3.8, 4) is 0 Å². The van der Waals surface area contributed by atoms with Crippen LogP contribution < -0.4 is 4.90 Å². The van der Waals surface area contributed by atoms with Crippen molar-refractivity contribution >= 4 is 27.7 Å². The van der Waals surface area contributed by atoms with Gasteiger partial charge in [-0.3, -0.25) is 14.7 Å². The van der Waals surface area contributed by atoms with Gasteiger partial charge in [-0.1, -0.05) is 0 Å². The van der Waals surface area contributed by atoms with Gasteiger partial charge < -0.3 is 0 Å². The van der Waals surface area contributed by atoms with E-state index in [1.54, 1.807) is 17.3 Å². The fourth-order valence-corrected chi connectivity index (χ4v) is 1.65. The van der Waals surface area contributed by atoms with Crippen molar-refractivity contribution in [2.75, 3.05) is 11.4 Å². The van der Waals surface area contributed by atoms with E-state index in [0.29, 0.717) is 16.8 Å². The fraction of sp³-hybridized carbons (Fsp3) is 0.375. The van der Waals surface area contributed by atoms with Gasteiger partial charge in [0.25, 0.3) is 0 Å². The van der Waals surface area contributed by atoms with Gasteiger partial charge in [-0.25, -0.2) is 4.98 Å². The largest absolute Gasteiger partial charge is 0.295 e. The SMILES string of the molecule is O=C1CCCN1c1cncc(Br)n1. The summed E-state index contributed by atoms with van der Waals surface area (Å²) in [5.41, 5.74) is 0. The number of anilines is 1. The van der Waals surface area contributed by atoms with E-state index in [2.05, 4.69) is 25.9 Å². The van der Waals surface area contributed by atoms with E-state index in [-0.39, 0.29) is 5.91 Å². The van der Waals surface area contributed by atoms with Crippen molar-refractivity contribution < 1.29 is 4.79 Å². The van der Waals surface area contributed by atoms with E-state index in [1.807, 2.05) is 0 Å². The second-order valence-corrected chi connectivity index (χ2v) is 3.66. The average molecular weight is 242 g/mol. The van der Waals surface area contributed by atoms with Crippen LogP contribution in [-0.2, 0) is 4.79 Å². The van der Waals surface area contributed by atoms with Crippen LogP contribution in [0.15, 0.2) is 17.0 Å². The first-order valence-electron chi connectivity index (χ1n) is 4.05. The Morgan fingerprint density at radius 3 is 2.92 bits per heavy atom. The topological polar surface area (TPSA) is 46.1 Å². The van der Waals surface area contributed by atoms with E-state index < -0.39 is 0 Å². The van der Waals surface area contributed by atoms with Crippen molar-refractivity contribution in [3.05, 3.63) is 17.0 Å². The molecule has 5 heteroatoms. The highest BCUT2D eigenvalue weighted by molar-refractivity contribution is 9.10. The molecule has 0 N–H and O–H groups in total. The molecule has 0 unspecified atom stereocenters. The molecule has 0 aromatic carbocycles. The van der Waals surface area contributed by atoms with E-state index in [1.165, 1.54) is 0 Å². The molecule has 2 heterocycles. The highest BCUT2D eigenvalue weighted by Gasteiger charge is 2.22. The molecule has 1 aliphatic rings. The van der Waals surface area contributed by atoms with E-state index >= 15 is 0 Å². The van der Waals surface area contributed by atoms with Gasteiger partial charge in [-0.05, 0) is 22.4 Å². The summed E-state index contributed by atoms with van der Waals surface area (Å²) in [6.07, 6.45) is 4.74. The smallest absolute Gasteiger partial charge is 0.228 e. The zero-order chi connectivity index (χ0) is 9.26. The summed E-state index contributed by atoms with van der Waals surface area (Å²) >= 11 is 3.22. The Balaban J connectivity index is 2.29. The number of carbonyl (C=O) groups excluding carboxylic acids is 1. The molecule has 4 nitrogen and oxygen atoms in total. The molecular weight excluding hydrogens is 234 g/mol. The number of hydrogen-bond donors (Lipinski definition) is 0. The van der Waals surface area contributed by atoms with Gasteiger partial charge in [-0.15, -0.1) is 0 Å². The summed E-state index contributed by atoms with van der Waals surface area (Å²) in [5.74, 6) is 0.768. The third-order valence-corrected chi connectivity index (χ3v) is 2.32. The minimum atomic E-state index is 0.132. The third kappa shape index (κ3) is 1.70. The minimum Gasteiger partial charge on any atom is -0.295 e. The first kappa shape index (κ1) is 8.62. The maximum absolute atomic E-state index is 11.3. The van der Waals surface area contributed by atoms with Crippen molar-refractivity contribution in [1.29, 1.82) is 0 Å². The molecule has 68 valence electrons. The van der Waals surface area contributed by atoms with Gasteiger partial charge in [0.1, 0.15) is 4.60 Å². The van der Waals surface area contributed by atoms with Crippen LogP contribution in [0.1, 0.15) is 12.8 Å². The number of rotatable bonds is 1. The van der Waals surface area contributed by atoms with Crippen LogP contribution in [0, 0.1) is 0 Å². The molecule has 0 radical (unpaired) electrons. The lowest BCUT2D eigenvalue weighted by molar-refractivity contribution is -0.117. The monoisotopic (exact) mass is 241 g/mol. The Morgan fingerprint density at radius 2 is 2.31 bits per heavy atom. The number of hydrogen-bond acceptors (Lipinski definition) is 3. The molecule has 1 aromatic heterocycles. The molecule has 1 fully saturated rings. The molecule has 1 aliphatic heterocycles. The molecule has 13 heavy (non-hydrogen) atoms. The van der Waals surface area contributed by atoms with E-state index in [4.69, 9.17) is 0 Å². The lowest BCUT2D eigenvalue weighted by atomic mass is 10.4. The van der Waals surface area contributed by atoms with Gasteiger partial charge >= 0.3 is 0 Å². The summed E-state index contributed by atoms with van der Waals surface area (Å²) < 4.78 is 0.657. The van der Waals surface area contributed by atoms with Crippen LogP contribution in [0.4, 0.5) is 5.82 Å². The Bertz CT molecular complexity index is 342. The molecule has 0 aliphatic carbocycles. The normalized spacial score (nSPS) is 16.7. The lowest BCUT2D eigenvalue weighted by Gasteiger charge is -2.13. The molecule has 1 aromatic rings. The number of halogens is 1. The van der Waals surface area contributed by atoms with Crippen molar-refractivity contribution in [2.24, 2.45) is 0 Å². The predicted molar refractivity (Wildman–Crippen MR) is 51.3 cm³/mol. The molecular formula is C8H8BrN3O. The Morgan fingerprint density at radius 1 is 1.46 bits per heavy atom. The lowest BCUT2D eigenvalue weighted by Crippen LogP contribution is -2.24. The molecule has 0 atom stereocenters. The van der Waals surface area contributed by atoms with Crippen LogP contribution in [-0.4, -0.2) is 22.4 Å². The molecule has 1 saturated heterocycles. The number of nitrogens with zero attached hydrogens (tertiary/aromatic N) is 3. The first-order chi connectivity index (χ1) is 6.27. The number of amides is 1. The van der Waals surface area contributed by atoms with Gasteiger partial charge in [0.05, 0.1) is 12.4 Å². The van der Waals surface area contributed by atoms with Crippen LogP contribution in [0.2, 0.25) is 0 Å². The first-order valence-corrected chi connectivity index (χ1v) is 4.84. The Labute approximate surface area is 84.1 Å². The van der Waals surface area contributed by atoms with Crippen molar-refractivity contribution in [3.63, 3.8) is 0 Å². The maximum atomic E-state index is 11.3. The van der Waals surface area contributed by atoms with E-state index in [9.17, 15) is 4.79 Å². The predicted octanol–water partition coefficient (Wildman–Crippen LogP) is 1.37. The van der Waals surface area contributed by atoms with Crippen LogP contribution >= 0.6 is 15.9 Å². The zero-order valence-corrected chi connectivity index (χ0v) is 8.49. The highest BCUT2D eigenvalue weighted by Crippen LogP contribution is 2.19. The molecule has 0 bridgehead atoms. The highest BCUT2D eigenvalue weighted by atomic mass is 79.9. The second kappa shape index (κ2) is 3.41. The second-order valence-electron chi connectivity index (χ2n) is 2.85. The molecule has 2 rings (SSSR count). The standard InChI is InChI=1S/C8H8BrN3O/c9-6-4-10-5-7(11-6)12-3-1-2-8(12)13/h4-5H,1-3H2. The van der Waals surface area contributed by atoms with Crippen LogP contribution in [0.5, 0.6) is 0 Å². The average Bonchev–Trinajstić information content (AvgIpc) is 2.51. The minimum absolute atomic E-state index is 0.132. The van der Waals surface area contributed by atoms with Crippen LogP contribution in [0.25, 0.3) is 0 Å².